The molecule has 0 aromatic carbocycles. The number of rotatable bonds is 2. The maximum Gasteiger partial charge on any atom is 0.270 e. The first-order valence-corrected chi connectivity index (χ1v) is 6.79. The zero-order chi connectivity index (χ0) is 14.1. The van der Waals surface area contributed by atoms with Crippen molar-refractivity contribution in [3.8, 4) is 0 Å². The lowest BCUT2D eigenvalue weighted by Crippen LogP contribution is -2.42. The lowest BCUT2D eigenvalue weighted by Gasteiger charge is -2.32. The van der Waals surface area contributed by atoms with E-state index in [2.05, 4.69) is 0 Å². The third-order valence-electron chi connectivity index (χ3n) is 3.40. The molecule has 2 aromatic rings. The molecule has 5 nitrogen and oxygen atoms in total. The molecule has 0 N–H and O–H groups in total. The van der Waals surface area contributed by atoms with E-state index in [1.54, 1.807) is 28.0 Å². The predicted molar refractivity (Wildman–Crippen MR) is 73.7 cm³/mol. The fourth-order valence-corrected chi connectivity index (χ4v) is 2.63. The van der Waals surface area contributed by atoms with E-state index in [9.17, 15) is 4.79 Å². The first kappa shape index (κ1) is 13.3. The predicted octanol–water partition coefficient (Wildman–Crippen LogP) is 2.49. The molecule has 2 aromatic heterocycles. The Bertz CT molecular complexity index is 606. The standard InChI is InChI=1S/C14H15ClN2O3/c1-16-8-10(15)7-11(16)14(18)17-4-6-20-13(9-17)12-3-2-5-19-12/h2-3,5,7-8,13H,4,6,9H2,1H3. The number of hydrogen-bond acceptors (Lipinski definition) is 3. The van der Waals surface area contributed by atoms with Crippen LogP contribution in [0, 0.1) is 0 Å². The van der Waals surface area contributed by atoms with Gasteiger partial charge in [0.05, 0.1) is 24.4 Å². The van der Waals surface area contributed by atoms with Crippen LogP contribution in [0.5, 0.6) is 0 Å². The number of hydrogen-bond donors (Lipinski definition) is 0. The Morgan fingerprint density at radius 3 is 3.00 bits per heavy atom. The summed E-state index contributed by atoms with van der Waals surface area (Å²) in [5.41, 5.74) is 0.579. The quantitative estimate of drug-likeness (QED) is 0.855. The number of nitrogens with zero attached hydrogens (tertiary/aromatic N) is 2. The van der Waals surface area contributed by atoms with Gasteiger partial charge in [-0.05, 0) is 18.2 Å². The van der Waals surface area contributed by atoms with Gasteiger partial charge in [-0.1, -0.05) is 11.6 Å². The summed E-state index contributed by atoms with van der Waals surface area (Å²) in [5, 5.41) is 0.562. The minimum Gasteiger partial charge on any atom is -0.467 e. The van der Waals surface area contributed by atoms with E-state index in [0.717, 1.165) is 5.76 Å². The molecule has 0 radical (unpaired) electrons. The SMILES string of the molecule is Cn1cc(Cl)cc1C(=O)N1CCOC(c2ccco2)C1. The normalized spacial score (nSPS) is 19.3. The molecule has 1 atom stereocenters. The fourth-order valence-electron chi connectivity index (χ4n) is 2.38. The van der Waals surface area contributed by atoms with Crippen molar-refractivity contribution in [3.05, 3.63) is 47.1 Å². The van der Waals surface area contributed by atoms with Gasteiger partial charge in [-0.15, -0.1) is 0 Å². The van der Waals surface area contributed by atoms with Crippen molar-refractivity contribution in [1.29, 1.82) is 0 Å². The Hall–Kier alpha value is -1.72. The van der Waals surface area contributed by atoms with Gasteiger partial charge in [0.25, 0.3) is 5.91 Å². The van der Waals surface area contributed by atoms with Gasteiger partial charge in [-0.3, -0.25) is 4.79 Å². The minimum absolute atomic E-state index is 0.0424. The molecule has 0 saturated carbocycles. The van der Waals surface area contributed by atoms with E-state index in [0.29, 0.717) is 30.4 Å². The topological polar surface area (TPSA) is 47.6 Å². The van der Waals surface area contributed by atoms with Gasteiger partial charge in [-0.2, -0.15) is 0 Å². The van der Waals surface area contributed by atoms with Crippen molar-refractivity contribution in [2.24, 2.45) is 7.05 Å². The summed E-state index contributed by atoms with van der Waals surface area (Å²) in [6.07, 6.45) is 3.12. The van der Waals surface area contributed by atoms with Crippen LogP contribution in [0.2, 0.25) is 5.02 Å². The second-order valence-corrected chi connectivity index (χ2v) is 5.22. The molecule has 1 amide bonds. The van der Waals surface area contributed by atoms with Crippen LogP contribution < -0.4 is 0 Å². The van der Waals surface area contributed by atoms with Crippen LogP contribution in [-0.2, 0) is 11.8 Å². The van der Waals surface area contributed by atoms with Crippen LogP contribution in [0.1, 0.15) is 22.4 Å². The van der Waals surface area contributed by atoms with Crippen LogP contribution in [0.4, 0.5) is 0 Å². The van der Waals surface area contributed by atoms with Crippen molar-refractivity contribution in [1.82, 2.24) is 9.47 Å². The molecule has 106 valence electrons. The number of carbonyl (C=O) groups excluding carboxylic acids is 1. The van der Waals surface area contributed by atoms with Crippen LogP contribution in [-0.4, -0.2) is 35.1 Å². The second kappa shape index (κ2) is 5.34. The van der Waals surface area contributed by atoms with Crippen molar-refractivity contribution < 1.29 is 13.9 Å². The lowest BCUT2D eigenvalue weighted by molar-refractivity contribution is -0.0324. The molecule has 1 saturated heterocycles. The van der Waals surface area contributed by atoms with Crippen LogP contribution in [0.25, 0.3) is 0 Å². The molecule has 20 heavy (non-hydrogen) atoms. The van der Waals surface area contributed by atoms with E-state index < -0.39 is 0 Å². The van der Waals surface area contributed by atoms with Crippen LogP contribution in [0.3, 0.4) is 0 Å². The number of ether oxygens (including phenoxy) is 1. The number of aromatic nitrogens is 1. The molecule has 1 fully saturated rings. The Labute approximate surface area is 121 Å². The minimum atomic E-state index is -0.210. The van der Waals surface area contributed by atoms with E-state index in [4.69, 9.17) is 20.8 Å². The summed E-state index contributed by atoms with van der Waals surface area (Å²) in [6, 6.07) is 5.36. The molecule has 0 aliphatic carbocycles. The Balaban J connectivity index is 1.77. The second-order valence-electron chi connectivity index (χ2n) is 4.78. The molecule has 1 aliphatic rings. The molecule has 0 bridgehead atoms. The largest absolute Gasteiger partial charge is 0.467 e. The van der Waals surface area contributed by atoms with Crippen molar-refractivity contribution in [3.63, 3.8) is 0 Å². The number of amides is 1. The summed E-state index contributed by atoms with van der Waals surface area (Å²) in [4.78, 5) is 14.3. The van der Waals surface area contributed by atoms with Gasteiger partial charge in [0.1, 0.15) is 17.6 Å². The van der Waals surface area contributed by atoms with E-state index >= 15 is 0 Å². The maximum absolute atomic E-state index is 12.5. The Kier molecular flexibility index (Phi) is 3.54. The number of halogens is 1. The van der Waals surface area contributed by atoms with Crippen molar-refractivity contribution >= 4 is 17.5 Å². The van der Waals surface area contributed by atoms with Gasteiger partial charge in [0, 0.05) is 19.8 Å². The molecular formula is C14H15ClN2O3. The number of aryl methyl sites for hydroxylation is 1. The lowest BCUT2D eigenvalue weighted by atomic mass is 10.2. The summed E-state index contributed by atoms with van der Waals surface area (Å²) in [6.45, 7) is 1.54. The monoisotopic (exact) mass is 294 g/mol. The summed E-state index contributed by atoms with van der Waals surface area (Å²) in [5.74, 6) is 0.701. The highest BCUT2D eigenvalue weighted by atomic mass is 35.5. The van der Waals surface area contributed by atoms with Crippen molar-refractivity contribution in [2.45, 2.75) is 6.10 Å². The third-order valence-corrected chi connectivity index (χ3v) is 3.61. The molecule has 3 rings (SSSR count). The summed E-state index contributed by atoms with van der Waals surface area (Å²) < 4.78 is 12.7. The van der Waals surface area contributed by atoms with Gasteiger partial charge >= 0.3 is 0 Å². The third kappa shape index (κ3) is 2.46. The van der Waals surface area contributed by atoms with E-state index in [1.807, 2.05) is 19.2 Å². The smallest absolute Gasteiger partial charge is 0.270 e. The zero-order valence-corrected chi connectivity index (χ0v) is 11.8. The molecule has 3 heterocycles. The highest BCUT2D eigenvalue weighted by Gasteiger charge is 2.28. The number of morpholine rings is 1. The molecule has 0 spiro atoms. The average molecular weight is 295 g/mol. The first-order valence-electron chi connectivity index (χ1n) is 6.41. The highest BCUT2D eigenvalue weighted by Crippen LogP contribution is 2.24. The van der Waals surface area contributed by atoms with Crippen molar-refractivity contribution in [2.75, 3.05) is 19.7 Å². The van der Waals surface area contributed by atoms with Gasteiger partial charge in [0.15, 0.2) is 0 Å². The molecule has 6 heteroatoms. The van der Waals surface area contributed by atoms with Crippen LogP contribution >= 0.6 is 11.6 Å². The number of carbonyl (C=O) groups is 1. The van der Waals surface area contributed by atoms with Gasteiger partial charge in [0.2, 0.25) is 0 Å². The average Bonchev–Trinajstić information content (AvgIpc) is 3.08. The van der Waals surface area contributed by atoms with Gasteiger partial charge in [-0.25, -0.2) is 0 Å². The fraction of sp³-hybridized carbons (Fsp3) is 0.357. The Morgan fingerprint density at radius 2 is 2.35 bits per heavy atom. The van der Waals surface area contributed by atoms with E-state index in [1.165, 1.54) is 0 Å². The molecular weight excluding hydrogens is 280 g/mol. The van der Waals surface area contributed by atoms with Crippen LogP contribution in [0.15, 0.2) is 35.1 Å². The zero-order valence-electron chi connectivity index (χ0n) is 11.1. The van der Waals surface area contributed by atoms with E-state index in [-0.39, 0.29) is 12.0 Å². The van der Waals surface area contributed by atoms with Gasteiger partial charge < -0.3 is 18.6 Å². The molecule has 1 unspecified atom stereocenters. The Morgan fingerprint density at radius 1 is 1.50 bits per heavy atom. The molecule has 1 aliphatic heterocycles. The number of furan rings is 1. The summed E-state index contributed by atoms with van der Waals surface area (Å²) >= 11 is 5.93. The maximum atomic E-state index is 12.5. The summed E-state index contributed by atoms with van der Waals surface area (Å²) in [7, 11) is 1.81. The first-order chi connectivity index (χ1) is 9.65. The highest BCUT2D eigenvalue weighted by molar-refractivity contribution is 6.31.